The van der Waals surface area contributed by atoms with Gasteiger partial charge in [0.05, 0.1) is 0 Å². The molecular weight excluding hydrogens is 244 g/mol. The number of aliphatic hydroxyl groups is 1. The summed E-state index contributed by atoms with van der Waals surface area (Å²) in [7, 11) is 0. The van der Waals surface area contributed by atoms with Gasteiger partial charge in [-0.25, -0.2) is 0 Å². The highest BCUT2D eigenvalue weighted by Gasteiger charge is 2.14. The summed E-state index contributed by atoms with van der Waals surface area (Å²) in [5.41, 5.74) is 0.979. The van der Waals surface area contributed by atoms with E-state index in [-0.39, 0.29) is 0 Å². The molecular formula is C19H42O. The van der Waals surface area contributed by atoms with Crippen LogP contribution >= 0.6 is 0 Å². The van der Waals surface area contributed by atoms with Crippen molar-refractivity contribution in [2.24, 2.45) is 22.7 Å². The average molecular weight is 287 g/mol. The summed E-state index contributed by atoms with van der Waals surface area (Å²) in [5.74, 6) is 1.64. The highest BCUT2D eigenvalue weighted by Crippen LogP contribution is 2.26. The predicted octanol–water partition coefficient (Wildman–Crippen LogP) is 6.30. The van der Waals surface area contributed by atoms with Crippen molar-refractivity contribution in [1.29, 1.82) is 0 Å². The van der Waals surface area contributed by atoms with Gasteiger partial charge in [0.15, 0.2) is 0 Å². The zero-order valence-corrected chi connectivity index (χ0v) is 15.8. The molecule has 0 bridgehead atoms. The van der Waals surface area contributed by atoms with E-state index in [1.807, 2.05) is 0 Å². The van der Waals surface area contributed by atoms with Crippen molar-refractivity contribution in [2.75, 3.05) is 6.61 Å². The lowest BCUT2D eigenvalue weighted by molar-refractivity contribution is 0.262. The molecule has 0 aliphatic carbocycles. The van der Waals surface area contributed by atoms with Gasteiger partial charge in [0.25, 0.3) is 0 Å². The molecule has 0 aromatic heterocycles. The molecule has 1 nitrogen and oxygen atoms in total. The standard InChI is InChI=1S/C11H24O.C8H18/c1-10(7-5-6-8-12)9-11(2,3)4;1-7(2)6-8(3,4)5/h10,12H,5-9H2,1-4H3;7H,6H2,1-5H3. The summed E-state index contributed by atoms with van der Waals surface area (Å²) in [6.07, 6.45) is 6.02. The van der Waals surface area contributed by atoms with Gasteiger partial charge in [0.2, 0.25) is 0 Å². The lowest BCUT2D eigenvalue weighted by atomic mass is 9.83. The molecule has 20 heavy (non-hydrogen) atoms. The monoisotopic (exact) mass is 286 g/mol. The van der Waals surface area contributed by atoms with Crippen LogP contribution in [-0.4, -0.2) is 11.7 Å². The van der Waals surface area contributed by atoms with Crippen LogP contribution in [0.2, 0.25) is 0 Å². The Labute approximate surface area is 129 Å². The van der Waals surface area contributed by atoms with E-state index < -0.39 is 0 Å². The van der Waals surface area contributed by atoms with Crippen LogP contribution in [0.3, 0.4) is 0 Å². The molecule has 124 valence electrons. The quantitative estimate of drug-likeness (QED) is 0.568. The van der Waals surface area contributed by atoms with Gasteiger partial charge in [-0.3, -0.25) is 0 Å². The van der Waals surface area contributed by atoms with Crippen LogP contribution in [0, 0.1) is 22.7 Å². The maximum absolute atomic E-state index is 8.61. The van der Waals surface area contributed by atoms with Gasteiger partial charge in [-0.1, -0.05) is 75.2 Å². The van der Waals surface area contributed by atoms with Gasteiger partial charge in [-0.15, -0.1) is 0 Å². The van der Waals surface area contributed by atoms with E-state index in [0.29, 0.717) is 17.4 Å². The third-order valence-electron chi connectivity index (χ3n) is 3.09. The van der Waals surface area contributed by atoms with Crippen LogP contribution in [0.5, 0.6) is 0 Å². The first-order valence-corrected chi connectivity index (χ1v) is 8.48. The van der Waals surface area contributed by atoms with Gasteiger partial charge < -0.3 is 5.11 Å². The van der Waals surface area contributed by atoms with Crippen LogP contribution in [0.15, 0.2) is 0 Å². The summed E-state index contributed by atoms with van der Waals surface area (Å²) in [4.78, 5) is 0. The second kappa shape index (κ2) is 10.7. The molecule has 0 aromatic rings. The Kier molecular flexibility index (Phi) is 11.8. The Morgan fingerprint density at radius 3 is 1.45 bits per heavy atom. The molecule has 0 radical (unpaired) electrons. The van der Waals surface area contributed by atoms with Crippen molar-refractivity contribution in [3.63, 3.8) is 0 Å². The van der Waals surface area contributed by atoms with Crippen molar-refractivity contribution in [3.8, 4) is 0 Å². The number of rotatable bonds is 6. The molecule has 0 fully saturated rings. The van der Waals surface area contributed by atoms with Crippen LogP contribution in [0.25, 0.3) is 0 Å². The van der Waals surface area contributed by atoms with Gasteiger partial charge in [-0.05, 0) is 41.9 Å². The molecule has 0 aliphatic rings. The minimum atomic E-state index is 0.349. The highest BCUT2D eigenvalue weighted by molar-refractivity contribution is 4.66. The van der Waals surface area contributed by atoms with Crippen molar-refractivity contribution < 1.29 is 5.11 Å². The number of aliphatic hydroxyl groups excluding tert-OH is 1. The molecule has 1 heteroatoms. The van der Waals surface area contributed by atoms with E-state index in [1.165, 1.54) is 25.7 Å². The summed E-state index contributed by atoms with van der Waals surface area (Å²) in [6, 6.07) is 0. The molecule has 1 unspecified atom stereocenters. The first-order chi connectivity index (χ1) is 8.87. The van der Waals surface area contributed by atoms with Crippen molar-refractivity contribution in [2.45, 2.75) is 94.4 Å². The Balaban J connectivity index is 0. The number of unbranched alkanes of at least 4 members (excludes halogenated alkanes) is 1. The van der Waals surface area contributed by atoms with Gasteiger partial charge in [0, 0.05) is 6.61 Å². The smallest absolute Gasteiger partial charge is 0.0431 e. The zero-order chi connectivity index (χ0) is 16.4. The zero-order valence-electron chi connectivity index (χ0n) is 15.8. The minimum absolute atomic E-state index is 0.349. The molecule has 1 atom stereocenters. The van der Waals surface area contributed by atoms with Gasteiger partial charge in [0.1, 0.15) is 0 Å². The van der Waals surface area contributed by atoms with Crippen LogP contribution in [0.4, 0.5) is 0 Å². The van der Waals surface area contributed by atoms with Crippen LogP contribution in [-0.2, 0) is 0 Å². The maximum Gasteiger partial charge on any atom is 0.0431 e. The Hall–Kier alpha value is -0.0400. The molecule has 0 rings (SSSR count). The molecule has 0 saturated carbocycles. The van der Waals surface area contributed by atoms with E-state index in [9.17, 15) is 0 Å². The normalized spacial score (nSPS) is 13.9. The lowest BCUT2D eigenvalue weighted by Gasteiger charge is -2.22. The molecule has 0 spiro atoms. The topological polar surface area (TPSA) is 20.2 Å². The maximum atomic E-state index is 8.61. The van der Waals surface area contributed by atoms with E-state index >= 15 is 0 Å². The summed E-state index contributed by atoms with van der Waals surface area (Å²) < 4.78 is 0. The Bertz CT molecular complexity index is 205. The Morgan fingerprint density at radius 2 is 1.20 bits per heavy atom. The van der Waals surface area contributed by atoms with Gasteiger partial charge >= 0.3 is 0 Å². The lowest BCUT2D eigenvalue weighted by Crippen LogP contribution is -2.10. The van der Waals surface area contributed by atoms with Crippen LogP contribution < -0.4 is 0 Å². The first kappa shape index (κ1) is 22.2. The van der Waals surface area contributed by atoms with E-state index in [4.69, 9.17) is 5.11 Å². The summed E-state index contributed by atoms with van der Waals surface area (Å²) in [6.45, 7) is 20.9. The molecule has 0 amide bonds. The fourth-order valence-corrected chi connectivity index (χ4v) is 2.98. The largest absolute Gasteiger partial charge is 0.396 e. The third kappa shape index (κ3) is 23.1. The van der Waals surface area contributed by atoms with Crippen molar-refractivity contribution in [1.82, 2.24) is 0 Å². The summed E-state index contributed by atoms with van der Waals surface area (Å²) in [5, 5.41) is 8.61. The molecule has 0 aliphatic heterocycles. The molecule has 0 heterocycles. The van der Waals surface area contributed by atoms with E-state index in [0.717, 1.165) is 18.3 Å². The molecule has 1 N–H and O–H groups in total. The first-order valence-electron chi connectivity index (χ1n) is 8.48. The Morgan fingerprint density at radius 1 is 0.750 bits per heavy atom. The predicted molar refractivity (Wildman–Crippen MR) is 93.1 cm³/mol. The SMILES string of the molecule is CC(C)CC(C)(C)C.CC(CCCCO)CC(C)(C)C. The summed E-state index contributed by atoms with van der Waals surface area (Å²) >= 11 is 0. The van der Waals surface area contributed by atoms with E-state index in [2.05, 4.69) is 62.3 Å². The molecule has 0 aromatic carbocycles. The second-order valence-corrected chi connectivity index (χ2v) is 9.25. The second-order valence-electron chi connectivity index (χ2n) is 9.25. The number of hydrogen-bond acceptors (Lipinski definition) is 1. The van der Waals surface area contributed by atoms with Gasteiger partial charge in [-0.2, -0.15) is 0 Å². The average Bonchev–Trinajstić information content (AvgIpc) is 2.11. The fraction of sp³-hybridized carbons (Fsp3) is 1.00. The van der Waals surface area contributed by atoms with Crippen LogP contribution in [0.1, 0.15) is 94.4 Å². The number of hydrogen-bond donors (Lipinski definition) is 1. The minimum Gasteiger partial charge on any atom is -0.396 e. The van der Waals surface area contributed by atoms with Crippen molar-refractivity contribution in [3.05, 3.63) is 0 Å². The van der Waals surface area contributed by atoms with E-state index in [1.54, 1.807) is 0 Å². The third-order valence-corrected chi connectivity index (χ3v) is 3.09. The van der Waals surface area contributed by atoms with Crippen molar-refractivity contribution >= 4 is 0 Å². The fourth-order valence-electron chi connectivity index (χ4n) is 2.98. The highest BCUT2D eigenvalue weighted by atomic mass is 16.2. The molecule has 0 saturated heterocycles.